The largest absolute Gasteiger partial charge is 0.301 e. The number of thiazole rings is 1. The lowest BCUT2D eigenvalue weighted by Crippen LogP contribution is -2.24. The van der Waals surface area contributed by atoms with Crippen LogP contribution in [0.2, 0.25) is 0 Å². The lowest BCUT2D eigenvalue weighted by Gasteiger charge is -2.13. The summed E-state index contributed by atoms with van der Waals surface area (Å²) >= 11 is 4.21. The van der Waals surface area contributed by atoms with E-state index in [0.29, 0.717) is 20.4 Å². The molecule has 1 N–H and O–H groups in total. The SMILES string of the molecule is Cc1ccc(-n2c(SCC(=O)Nc3nccs3)nc3c(c2=O)SC(C)C3)cc1. The number of rotatable bonds is 5. The minimum Gasteiger partial charge on any atom is -0.301 e. The lowest BCUT2D eigenvalue weighted by atomic mass is 10.2. The quantitative estimate of drug-likeness (QED) is 0.491. The second kappa shape index (κ2) is 8.10. The van der Waals surface area contributed by atoms with Crippen LogP contribution in [-0.2, 0) is 11.2 Å². The molecule has 1 aliphatic heterocycles. The molecule has 6 nitrogen and oxygen atoms in total. The van der Waals surface area contributed by atoms with Crippen LogP contribution in [0.5, 0.6) is 0 Å². The van der Waals surface area contributed by atoms with E-state index in [-0.39, 0.29) is 17.2 Å². The first kappa shape index (κ1) is 19.2. The Kier molecular flexibility index (Phi) is 5.56. The zero-order chi connectivity index (χ0) is 19.7. The number of fused-ring (bicyclic) bond motifs is 1. The van der Waals surface area contributed by atoms with E-state index < -0.39 is 0 Å². The third-order valence-electron chi connectivity index (χ3n) is 4.18. The van der Waals surface area contributed by atoms with E-state index >= 15 is 0 Å². The number of carbonyl (C=O) groups is 1. The van der Waals surface area contributed by atoms with Crippen LogP contribution in [0.4, 0.5) is 5.13 Å². The topological polar surface area (TPSA) is 76.9 Å². The van der Waals surface area contributed by atoms with Crippen molar-refractivity contribution in [2.75, 3.05) is 11.1 Å². The highest BCUT2D eigenvalue weighted by molar-refractivity contribution is 8.00. The number of aromatic nitrogens is 3. The van der Waals surface area contributed by atoms with Gasteiger partial charge in [-0.25, -0.2) is 9.97 Å². The summed E-state index contributed by atoms with van der Waals surface area (Å²) in [5, 5.41) is 6.00. The average molecular weight is 431 g/mol. The summed E-state index contributed by atoms with van der Waals surface area (Å²) in [7, 11) is 0. The molecule has 1 aliphatic rings. The fourth-order valence-corrected chi connectivity index (χ4v) is 5.36. The molecule has 4 rings (SSSR count). The maximum atomic E-state index is 13.2. The third-order valence-corrected chi connectivity index (χ3v) is 7.03. The van der Waals surface area contributed by atoms with Crippen molar-refractivity contribution >= 4 is 45.9 Å². The van der Waals surface area contributed by atoms with Gasteiger partial charge in [0.1, 0.15) is 0 Å². The Morgan fingerprint density at radius 1 is 1.36 bits per heavy atom. The standard InChI is InChI=1S/C19H18N4O2S3/c1-11-3-5-13(6-4-11)23-17(25)16-14(9-12(2)28-16)21-19(23)27-10-15(24)22-18-20-7-8-26-18/h3-8,12H,9-10H2,1-2H3,(H,20,22,24). The minimum absolute atomic E-state index is 0.0639. The van der Waals surface area contributed by atoms with Gasteiger partial charge in [-0.2, -0.15) is 0 Å². The van der Waals surface area contributed by atoms with Crippen LogP contribution in [0.15, 0.2) is 50.7 Å². The molecule has 1 atom stereocenters. The number of anilines is 1. The van der Waals surface area contributed by atoms with Crippen LogP contribution in [0.1, 0.15) is 18.2 Å². The van der Waals surface area contributed by atoms with E-state index in [4.69, 9.17) is 4.98 Å². The van der Waals surface area contributed by atoms with E-state index in [9.17, 15) is 9.59 Å². The van der Waals surface area contributed by atoms with Gasteiger partial charge in [-0.3, -0.25) is 14.2 Å². The molecule has 28 heavy (non-hydrogen) atoms. The number of aryl methyl sites for hydroxylation is 1. The van der Waals surface area contributed by atoms with E-state index in [1.807, 2.05) is 31.2 Å². The molecule has 0 radical (unpaired) electrons. The summed E-state index contributed by atoms with van der Waals surface area (Å²) in [5.74, 6) is -0.0211. The van der Waals surface area contributed by atoms with Gasteiger partial charge in [-0.15, -0.1) is 23.1 Å². The maximum Gasteiger partial charge on any atom is 0.272 e. The number of nitrogens with zero attached hydrogens (tertiary/aromatic N) is 3. The Morgan fingerprint density at radius 3 is 2.86 bits per heavy atom. The van der Waals surface area contributed by atoms with Crippen molar-refractivity contribution in [3.8, 4) is 5.69 Å². The first-order valence-electron chi connectivity index (χ1n) is 8.73. The zero-order valence-corrected chi connectivity index (χ0v) is 17.8. The maximum absolute atomic E-state index is 13.2. The number of hydrogen-bond acceptors (Lipinski definition) is 7. The van der Waals surface area contributed by atoms with Gasteiger partial charge in [0.25, 0.3) is 5.56 Å². The van der Waals surface area contributed by atoms with Gasteiger partial charge in [-0.05, 0) is 19.1 Å². The summed E-state index contributed by atoms with van der Waals surface area (Å²) in [6.07, 6.45) is 2.41. The zero-order valence-electron chi connectivity index (χ0n) is 15.3. The fourth-order valence-electron chi connectivity index (χ4n) is 2.89. The predicted molar refractivity (Wildman–Crippen MR) is 115 cm³/mol. The molecular weight excluding hydrogens is 412 g/mol. The van der Waals surface area contributed by atoms with Crippen molar-refractivity contribution in [1.82, 2.24) is 14.5 Å². The second-order valence-corrected chi connectivity index (χ2v) is 9.74. The second-order valence-electron chi connectivity index (χ2n) is 6.45. The Morgan fingerprint density at radius 2 is 2.14 bits per heavy atom. The van der Waals surface area contributed by atoms with Gasteiger partial charge < -0.3 is 5.32 Å². The van der Waals surface area contributed by atoms with Crippen LogP contribution in [0, 0.1) is 6.92 Å². The number of hydrogen-bond donors (Lipinski definition) is 1. The van der Waals surface area contributed by atoms with Gasteiger partial charge in [0.2, 0.25) is 5.91 Å². The van der Waals surface area contributed by atoms with Crippen molar-refractivity contribution in [1.29, 1.82) is 0 Å². The molecule has 1 amide bonds. The first-order valence-corrected chi connectivity index (χ1v) is 11.5. The number of thioether (sulfide) groups is 2. The molecule has 0 fully saturated rings. The van der Waals surface area contributed by atoms with E-state index in [1.165, 1.54) is 23.1 Å². The van der Waals surface area contributed by atoms with Crippen LogP contribution in [-0.4, -0.2) is 31.4 Å². The molecule has 2 aromatic heterocycles. The van der Waals surface area contributed by atoms with E-state index in [1.54, 1.807) is 27.9 Å². The first-order chi connectivity index (χ1) is 13.5. The molecule has 3 heterocycles. The van der Waals surface area contributed by atoms with Crippen molar-refractivity contribution in [3.05, 3.63) is 57.5 Å². The average Bonchev–Trinajstić information content (AvgIpc) is 3.30. The van der Waals surface area contributed by atoms with Gasteiger partial charge in [-0.1, -0.05) is 36.4 Å². The van der Waals surface area contributed by atoms with Crippen LogP contribution >= 0.6 is 34.9 Å². The van der Waals surface area contributed by atoms with Crippen LogP contribution in [0.3, 0.4) is 0 Å². The molecular formula is C19H18N4O2S3. The molecule has 0 aliphatic carbocycles. The van der Waals surface area contributed by atoms with Gasteiger partial charge in [0.15, 0.2) is 10.3 Å². The highest BCUT2D eigenvalue weighted by atomic mass is 32.2. The van der Waals surface area contributed by atoms with E-state index in [2.05, 4.69) is 17.2 Å². The molecule has 0 bridgehead atoms. The normalized spacial score (nSPS) is 15.4. The van der Waals surface area contributed by atoms with Crippen LogP contribution < -0.4 is 10.9 Å². The molecule has 1 aromatic carbocycles. The number of nitrogens with one attached hydrogen (secondary N) is 1. The predicted octanol–water partition coefficient (Wildman–Crippen LogP) is 3.76. The van der Waals surface area contributed by atoms with Gasteiger partial charge in [0, 0.05) is 23.2 Å². The molecule has 1 unspecified atom stereocenters. The molecule has 9 heteroatoms. The highest BCUT2D eigenvalue weighted by Gasteiger charge is 2.27. The molecule has 144 valence electrons. The summed E-state index contributed by atoms with van der Waals surface area (Å²) < 4.78 is 1.62. The number of amides is 1. The Bertz CT molecular complexity index is 1060. The molecule has 0 spiro atoms. The Labute approximate surface area is 174 Å². The van der Waals surface area contributed by atoms with Gasteiger partial charge in [0.05, 0.1) is 22.0 Å². The van der Waals surface area contributed by atoms with Crippen molar-refractivity contribution < 1.29 is 4.79 Å². The Hall–Kier alpha value is -2.10. The Balaban J connectivity index is 1.66. The summed E-state index contributed by atoms with van der Waals surface area (Å²) in [6.45, 7) is 4.10. The van der Waals surface area contributed by atoms with Gasteiger partial charge >= 0.3 is 0 Å². The summed E-state index contributed by atoms with van der Waals surface area (Å²) in [6, 6.07) is 7.75. The number of benzene rings is 1. The fraction of sp³-hybridized carbons (Fsp3) is 0.263. The minimum atomic E-state index is -0.173. The third kappa shape index (κ3) is 4.01. The van der Waals surface area contributed by atoms with Crippen LogP contribution in [0.25, 0.3) is 5.69 Å². The monoisotopic (exact) mass is 430 g/mol. The van der Waals surface area contributed by atoms with Crippen molar-refractivity contribution in [2.45, 2.75) is 35.6 Å². The summed E-state index contributed by atoms with van der Waals surface area (Å²) in [4.78, 5) is 35.0. The van der Waals surface area contributed by atoms with Crippen molar-refractivity contribution in [2.24, 2.45) is 0 Å². The molecule has 3 aromatic rings. The van der Waals surface area contributed by atoms with E-state index in [0.717, 1.165) is 23.4 Å². The molecule has 0 saturated heterocycles. The highest BCUT2D eigenvalue weighted by Crippen LogP contribution is 2.34. The smallest absolute Gasteiger partial charge is 0.272 e. The lowest BCUT2D eigenvalue weighted by molar-refractivity contribution is -0.113. The van der Waals surface area contributed by atoms with Crippen molar-refractivity contribution in [3.63, 3.8) is 0 Å². The summed E-state index contributed by atoms with van der Waals surface area (Å²) in [5.41, 5.74) is 2.64. The number of carbonyl (C=O) groups excluding carboxylic acids is 1. The molecule has 0 saturated carbocycles.